The van der Waals surface area contributed by atoms with Crippen LogP contribution in [0.1, 0.15) is 39.2 Å². The van der Waals surface area contributed by atoms with E-state index in [4.69, 9.17) is 4.99 Å². The molecule has 7 nitrogen and oxygen atoms in total. The molecule has 2 aromatic rings. The second kappa shape index (κ2) is 5.88. The third-order valence-electron chi connectivity index (χ3n) is 4.36. The average molecular weight is 339 g/mol. The van der Waals surface area contributed by atoms with Crippen LogP contribution in [0.4, 0.5) is 0 Å². The van der Waals surface area contributed by atoms with Crippen LogP contribution in [0.2, 0.25) is 0 Å². The van der Waals surface area contributed by atoms with E-state index in [1.54, 1.807) is 0 Å². The van der Waals surface area contributed by atoms with Crippen LogP contribution in [0.3, 0.4) is 0 Å². The Kier molecular flexibility index (Phi) is 3.99. The van der Waals surface area contributed by atoms with Crippen LogP contribution >= 0.6 is 0 Å². The molecular formula is C18H21N5O2. The number of rotatable bonds is 3. The highest BCUT2D eigenvalue weighted by Crippen LogP contribution is 2.35. The maximum absolute atomic E-state index is 9.88. The number of aliphatic imine (C=N–C) groups is 1. The van der Waals surface area contributed by atoms with Crippen LogP contribution in [0.15, 0.2) is 23.3 Å². The van der Waals surface area contributed by atoms with Crippen LogP contribution < -0.4 is 0 Å². The number of amidine groups is 1. The summed E-state index contributed by atoms with van der Waals surface area (Å²) in [7, 11) is 0. The van der Waals surface area contributed by atoms with Gasteiger partial charge in [-0.1, -0.05) is 0 Å². The smallest absolute Gasteiger partial charge is 0.159 e. The van der Waals surface area contributed by atoms with Gasteiger partial charge < -0.3 is 15.1 Å². The molecule has 0 saturated heterocycles. The van der Waals surface area contributed by atoms with E-state index in [1.807, 2.05) is 13.8 Å². The fraction of sp³-hybridized carbons (Fsp3) is 0.444. The summed E-state index contributed by atoms with van der Waals surface area (Å²) in [4.78, 5) is 6.90. The van der Waals surface area contributed by atoms with Crippen molar-refractivity contribution in [3.05, 3.63) is 23.9 Å². The zero-order valence-electron chi connectivity index (χ0n) is 14.7. The van der Waals surface area contributed by atoms with Crippen molar-refractivity contribution in [2.45, 2.75) is 45.2 Å². The second-order valence-corrected chi connectivity index (χ2v) is 7.22. The fourth-order valence-electron chi connectivity index (χ4n) is 3.18. The van der Waals surface area contributed by atoms with E-state index in [0.29, 0.717) is 22.3 Å². The lowest BCUT2D eigenvalue weighted by Crippen LogP contribution is -2.39. The Labute approximate surface area is 146 Å². The average Bonchev–Trinajstić information content (AvgIpc) is 2.86. The van der Waals surface area contributed by atoms with Crippen molar-refractivity contribution in [1.82, 2.24) is 15.1 Å². The number of benzene rings is 1. The van der Waals surface area contributed by atoms with Gasteiger partial charge in [0, 0.05) is 29.6 Å². The Morgan fingerprint density at radius 1 is 1.24 bits per heavy atom. The molecule has 0 aliphatic carbocycles. The SMILES string of the molecule is CC(C)N1CC(C)(C)N=C1C(C#N)c1cnnc2cc(O)c(O)cc12. The minimum Gasteiger partial charge on any atom is -0.504 e. The van der Waals surface area contributed by atoms with E-state index in [0.717, 1.165) is 6.54 Å². The third kappa shape index (κ3) is 2.95. The molecule has 0 fully saturated rings. The van der Waals surface area contributed by atoms with E-state index in [1.165, 1.54) is 18.3 Å². The van der Waals surface area contributed by atoms with Gasteiger partial charge in [-0.05, 0) is 33.8 Å². The van der Waals surface area contributed by atoms with Crippen LogP contribution in [-0.2, 0) is 0 Å². The van der Waals surface area contributed by atoms with Gasteiger partial charge in [-0.2, -0.15) is 15.5 Å². The topological polar surface area (TPSA) is 106 Å². The number of phenols is 2. The zero-order chi connectivity index (χ0) is 18.4. The first-order valence-electron chi connectivity index (χ1n) is 8.17. The lowest BCUT2D eigenvalue weighted by molar-refractivity contribution is 0.320. The minimum absolute atomic E-state index is 0.204. The molecule has 1 aromatic heterocycles. The Morgan fingerprint density at radius 3 is 2.56 bits per heavy atom. The predicted octanol–water partition coefficient (Wildman–Crippen LogP) is 2.55. The Balaban J connectivity index is 2.18. The molecule has 0 amide bonds. The molecule has 3 rings (SSSR count). The summed E-state index contributed by atoms with van der Waals surface area (Å²) in [6.07, 6.45) is 1.53. The van der Waals surface area contributed by atoms with E-state index in [2.05, 4.69) is 35.0 Å². The van der Waals surface area contributed by atoms with Crippen molar-refractivity contribution < 1.29 is 10.2 Å². The summed E-state index contributed by atoms with van der Waals surface area (Å²) >= 11 is 0. The third-order valence-corrected chi connectivity index (χ3v) is 4.36. The number of hydrogen-bond acceptors (Lipinski definition) is 7. The standard InChI is InChI=1S/C18H21N5O2/c1-10(2)23-9-18(3,4)21-17(23)12(7-19)13-8-20-22-14-6-16(25)15(24)5-11(13)14/h5-6,8,10,12,24-25H,9H2,1-4H3. The van der Waals surface area contributed by atoms with E-state index < -0.39 is 5.92 Å². The summed E-state index contributed by atoms with van der Waals surface area (Å²) in [5, 5.41) is 37.9. The lowest BCUT2D eigenvalue weighted by atomic mass is 9.96. The number of aromatic hydroxyl groups is 2. The molecule has 1 unspecified atom stereocenters. The Morgan fingerprint density at radius 2 is 1.92 bits per heavy atom. The monoisotopic (exact) mass is 339 g/mol. The Bertz CT molecular complexity index is 898. The summed E-state index contributed by atoms with van der Waals surface area (Å²) in [5.74, 6) is -0.459. The number of fused-ring (bicyclic) bond motifs is 1. The molecule has 0 bridgehead atoms. The van der Waals surface area contributed by atoms with Gasteiger partial charge in [0.1, 0.15) is 11.8 Å². The van der Waals surface area contributed by atoms with Gasteiger partial charge in [0.25, 0.3) is 0 Å². The van der Waals surface area contributed by atoms with Crippen molar-refractivity contribution in [2.24, 2.45) is 4.99 Å². The molecule has 0 radical (unpaired) electrons. The molecule has 25 heavy (non-hydrogen) atoms. The Hall–Kier alpha value is -2.88. The first-order valence-corrected chi connectivity index (χ1v) is 8.17. The van der Waals surface area contributed by atoms with E-state index >= 15 is 0 Å². The summed E-state index contributed by atoms with van der Waals surface area (Å²) in [6, 6.07) is 5.29. The van der Waals surface area contributed by atoms with Crippen LogP contribution in [-0.4, -0.2) is 49.3 Å². The highest BCUT2D eigenvalue weighted by molar-refractivity contribution is 5.98. The summed E-state index contributed by atoms with van der Waals surface area (Å²) in [6.45, 7) is 8.95. The van der Waals surface area contributed by atoms with E-state index in [9.17, 15) is 15.5 Å². The molecular weight excluding hydrogens is 318 g/mol. The van der Waals surface area contributed by atoms with Gasteiger partial charge in [0.15, 0.2) is 11.5 Å². The molecule has 2 N–H and O–H groups in total. The van der Waals surface area contributed by atoms with Crippen LogP contribution in [0.25, 0.3) is 10.9 Å². The van der Waals surface area contributed by atoms with Gasteiger partial charge >= 0.3 is 0 Å². The van der Waals surface area contributed by atoms with Crippen molar-refractivity contribution >= 4 is 16.7 Å². The quantitative estimate of drug-likeness (QED) is 0.833. The van der Waals surface area contributed by atoms with Gasteiger partial charge in [-0.15, -0.1) is 0 Å². The number of nitriles is 1. The van der Waals surface area contributed by atoms with Gasteiger partial charge in [-0.25, -0.2) is 0 Å². The first kappa shape index (κ1) is 17.0. The molecule has 1 atom stereocenters. The largest absolute Gasteiger partial charge is 0.504 e. The minimum atomic E-state index is -0.633. The number of phenolic OH excluding ortho intramolecular Hbond substituents is 2. The molecule has 1 aliphatic heterocycles. The number of aromatic nitrogens is 2. The molecule has 7 heteroatoms. The van der Waals surface area contributed by atoms with Crippen molar-refractivity contribution in [3.8, 4) is 17.6 Å². The first-order chi connectivity index (χ1) is 11.7. The van der Waals surface area contributed by atoms with Crippen molar-refractivity contribution in [1.29, 1.82) is 5.26 Å². The van der Waals surface area contributed by atoms with Gasteiger partial charge in [-0.3, -0.25) is 4.99 Å². The summed E-state index contributed by atoms with van der Waals surface area (Å²) < 4.78 is 0. The maximum atomic E-state index is 9.88. The fourth-order valence-corrected chi connectivity index (χ4v) is 3.18. The van der Waals surface area contributed by atoms with Crippen LogP contribution in [0.5, 0.6) is 11.5 Å². The lowest BCUT2D eigenvalue weighted by Gasteiger charge is -2.28. The van der Waals surface area contributed by atoms with Gasteiger partial charge in [0.05, 0.1) is 23.3 Å². The number of hydrogen-bond donors (Lipinski definition) is 2. The van der Waals surface area contributed by atoms with Crippen molar-refractivity contribution in [2.75, 3.05) is 6.54 Å². The second-order valence-electron chi connectivity index (χ2n) is 7.22. The molecule has 0 saturated carbocycles. The molecule has 2 heterocycles. The molecule has 1 aliphatic rings. The van der Waals surface area contributed by atoms with Crippen molar-refractivity contribution in [3.63, 3.8) is 0 Å². The maximum Gasteiger partial charge on any atom is 0.159 e. The predicted molar refractivity (Wildman–Crippen MR) is 94.6 cm³/mol. The zero-order valence-corrected chi connectivity index (χ0v) is 14.7. The van der Waals surface area contributed by atoms with Crippen LogP contribution in [0, 0.1) is 11.3 Å². The normalized spacial score (nSPS) is 17.6. The molecule has 1 aromatic carbocycles. The summed E-state index contributed by atoms with van der Waals surface area (Å²) in [5.41, 5.74) is 0.762. The highest BCUT2D eigenvalue weighted by Gasteiger charge is 2.37. The van der Waals surface area contributed by atoms with E-state index in [-0.39, 0.29) is 23.1 Å². The molecule has 130 valence electrons. The van der Waals surface area contributed by atoms with Gasteiger partial charge in [0.2, 0.25) is 0 Å². The number of nitrogens with zero attached hydrogens (tertiary/aromatic N) is 5. The molecule has 0 spiro atoms. The highest BCUT2D eigenvalue weighted by atomic mass is 16.3.